The Bertz CT molecular complexity index is 456. The van der Waals surface area contributed by atoms with Crippen LogP contribution in [0.1, 0.15) is 44.2 Å². The number of nitrogens with one attached hydrogen (secondary N) is 2. The second-order valence-electron chi connectivity index (χ2n) is 5.75. The molecule has 110 valence electrons. The fourth-order valence-corrected chi connectivity index (χ4v) is 2.75. The third-order valence-electron chi connectivity index (χ3n) is 3.99. The summed E-state index contributed by atoms with van der Waals surface area (Å²) in [7, 11) is 0. The molecule has 1 aliphatic heterocycles. The molecule has 0 fully saturated rings. The summed E-state index contributed by atoms with van der Waals surface area (Å²) in [6.45, 7) is 5.94. The summed E-state index contributed by atoms with van der Waals surface area (Å²) in [6.07, 6.45) is 5.32. The van der Waals surface area contributed by atoms with Crippen LogP contribution < -0.4 is 10.6 Å². The van der Waals surface area contributed by atoms with Crippen LogP contribution in [0.15, 0.2) is 18.2 Å². The Kier molecular flexibility index (Phi) is 5.45. The first-order chi connectivity index (χ1) is 9.70. The number of carbonyl (C=O) groups excluding carboxylic acids is 1. The summed E-state index contributed by atoms with van der Waals surface area (Å²) in [6, 6.07) is 6.62. The Morgan fingerprint density at radius 1 is 1.45 bits per heavy atom. The Morgan fingerprint density at radius 2 is 2.30 bits per heavy atom. The zero-order chi connectivity index (χ0) is 14.4. The van der Waals surface area contributed by atoms with Crippen molar-refractivity contribution < 1.29 is 4.79 Å². The zero-order valence-corrected chi connectivity index (χ0v) is 12.7. The van der Waals surface area contributed by atoms with E-state index in [-0.39, 0.29) is 11.8 Å². The number of rotatable bonds is 6. The summed E-state index contributed by atoms with van der Waals surface area (Å²) in [5.41, 5.74) is 4.01. The topological polar surface area (TPSA) is 41.1 Å². The minimum Gasteiger partial charge on any atom is -0.385 e. The molecule has 0 saturated carbocycles. The van der Waals surface area contributed by atoms with Crippen molar-refractivity contribution in [1.82, 2.24) is 5.32 Å². The van der Waals surface area contributed by atoms with Crippen molar-refractivity contribution in [2.75, 3.05) is 18.4 Å². The number of benzene rings is 1. The molecule has 3 nitrogen and oxygen atoms in total. The van der Waals surface area contributed by atoms with Crippen LogP contribution in [-0.2, 0) is 17.6 Å². The Balaban J connectivity index is 1.81. The Morgan fingerprint density at radius 3 is 3.10 bits per heavy atom. The van der Waals surface area contributed by atoms with Gasteiger partial charge in [-0.25, -0.2) is 0 Å². The molecular formula is C17H26N2O. The SMILES string of the molecule is CCCC(C)C(=O)NCCc1ccc2c(c1)CCCN2. The van der Waals surface area contributed by atoms with Gasteiger partial charge in [-0.15, -0.1) is 0 Å². The van der Waals surface area contributed by atoms with Crippen molar-refractivity contribution in [2.24, 2.45) is 5.92 Å². The molecule has 20 heavy (non-hydrogen) atoms. The third-order valence-corrected chi connectivity index (χ3v) is 3.99. The highest BCUT2D eigenvalue weighted by atomic mass is 16.1. The maximum Gasteiger partial charge on any atom is 0.222 e. The lowest BCUT2D eigenvalue weighted by atomic mass is 9.99. The molecule has 3 heteroatoms. The van der Waals surface area contributed by atoms with Crippen molar-refractivity contribution in [3.63, 3.8) is 0 Å². The number of hydrogen-bond donors (Lipinski definition) is 2. The second-order valence-corrected chi connectivity index (χ2v) is 5.75. The molecule has 0 spiro atoms. The zero-order valence-electron chi connectivity index (χ0n) is 12.7. The van der Waals surface area contributed by atoms with E-state index in [0.29, 0.717) is 0 Å². The maximum atomic E-state index is 11.8. The van der Waals surface area contributed by atoms with Crippen molar-refractivity contribution in [3.8, 4) is 0 Å². The molecule has 1 unspecified atom stereocenters. The minimum atomic E-state index is 0.132. The summed E-state index contributed by atoms with van der Waals surface area (Å²) in [4.78, 5) is 11.8. The molecule has 0 radical (unpaired) electrons. The molecule has 1 aromatic rings. The quantitative estimate of drug-likeness (QED) is 0.836. The van der Waals surface area contributed by atoms with Crippen molar-refractivity contribution in [3.05, 3.63) is 29.3 Å². The molecule has 1 amide bonds. The minimum absolute atomic E-state index is 0.132. The average Bonchev–Trinajstić information content (AvgIpc) is 2.47. The summed E-state index contributed by atoms with van der Waals surface area (Å²) in [5, 5.41) is 6.46. The first kappa shape index (κ1) is 14.9. The monoisotopic (exact) mass is 274 g/mol. The Labute approximate surface area is 122 Å². The van der Waals surface area contributed by atoms with Gasteiger partial charge in [0.1, 0.15) is 0 Å². The lowest BCUT2D eigenvalue weighted by Crippen LogP contribution is -2.30. The lowest BCUT2D eigenvalue weighted by molar-refractivity contribution is -0.124. The Hall–Kier alpha value is -1.51. The summed E-state index contributed by atoms with van der Waals surface area (Å²) in [5.74, 6) is 0.319. The summed E-state index contributed by atoms with van der Waals surface area (Å²) >= 11 is 0. The van der Waals surface area contributed by atoms with Gasteiger partial charge in [0, 0.05) is 24.7 Å². The van der Waals surface area contributed by atoms with E-state index in [9.17, 15) is 4.79 Å². The van der Waals surface area contributed by atoms with E-state index in [1.54, 1.807) is 0 Å². The molecule has 0 aliphatic carbocycles. The van der Waals surface area contributed by atoms with E-state index in [2.05, 4.69) is 35.8 Å². The van der Waals surface area contributed by atoms with Gasteiger partial charge in [0.2, 0.25) is 5.91 Å². The number of fused-ring (bicyclic) bond motifs is 1. The van der Waals surface area contributed by atoms with Gasteiger partial charge in [-0.3, -0.25) is 4.79 Å². The molecular weight excluding hydrogens is 248 g/mol. The van der Waals surface area contributed by atoms with E-state index in [1.807, 2.05) is 6.92 Å². The van der Waals surface area contributed by atoms with E-state index < -0.39 is 0 Å². The van der Waals surface area contributed by atoms with Gasteiger partial charge in [-0.1, -0.05) is 32.4 Å². The first-order valence-corrected chi connectivity index (χ1v) is 7.84. The average molecular weight is 274 g/mol. The first-order valence-electron chi connectivity index (χ1n) is 7.84. The number of anilines is 1. The van der Waals surface area contributed by atoms with Gasteiger partial charge < -0.3 is 10.6 Å². The van der Waals surface area contributed by atoms with Crippen LogP contribution >= 0.6 is 0 Å². The number of carbonyl (C=O) groups is 1. The van der Waals surface area contributed by atoms with Crippen LogP contribution in [0, 0.1) is 5.92 Å². The highest BCUT2D eigenvalue weighted by Gasteiger charge is 2.11. The number of aryl methyl sites for hydroxylation is 1. The van der Waals surface area contributed by atoms with Crippen molar-refractivity contribution in [2.45, 2.75) is 46.0 Å². The fourth-order valence-electron chi connectivity index (χ4n) is 2.75. The van der Waals surface area contributed by atoms with Crippen molar-refractivity contribution >= 4 is 11.6 Å². The molecule has 0 aromatic heterocycles. The standard InChI is InChI=1S/C17H26N2O/c1-3-5-13(2)17(20)19-11-9-14-7-8-16-15(12-14)6-4-10-18-16/h7-8,12-13,18H,3-6,9-11H2,1-2H3,(H,19,20). The predicted molar refractivity (Wildman–Crippen MR) is 84.0 cm³/mol. The second kappa shape index (κ2) is 7.32. The van der Waals surface area contributed by atoms with Gasteiger partial charge in [-0.2, -0.15) is 0 Å². The number of hydrogen-bond acceptors (Lipinski definition) is 2. The van der Waals surface area contributed by atoms with Crippen molar-refractivity contribution in [1.29, 1.82) is 0 Å². The van der Waals surface area contributed by atoms with Crippen LogP contribution in [0.2, 0.25) is 0 Å². The predicted octanol–water partition coefficient (Wildman–Crippen LogP) is 3.14. The van der Waals surface area contributed by atoms with Gasteiger partial charge in [0.05, 0.1) is 0 Å². The molecule has 1 aromatic carbocycles. The third kappa shape index (κ3) is 3.99. The van der Waals surface area contributed by atoms with Gasteiger partial charge >= 0.3 is 0 Å². The van der Waals surface area contributed by atoms with E-state index in [1.165, 1.54) is 23.2 Å². The van der Waals surface area contributed by atoms with Crippen LogP contribution in [0.25, 0.3) is 0 Å². The maximum absolute atomic E-state index is 11.8. The highest BCUT2D eigenvalue weighted by Crippen LogP contribution is 2.22. The largest absolute Gasteiger partial charge is 0.385 e. The van der Waals surface area contributed by atoms with Crippen LogP contribution in [0.3, 0.4) is 0 Å². The van der Waals surface area contributed by atoms with E-state index >= 15 is 0 Å². The van der Waals surface area contributed by atoms with Crippen LogP contribution in [0.5, 0.6) is 0 Å². The molecule has 0 saturated heterocycles. The molecule has 1 heterocycles. The molecule has 2 N–H and O–H groups in total. The molecule has 1 aliphatic rings. The van der Waals surface area contributed by atoms with E-state index in [0.717, 1.165) is 38.8 Å². The van der Waals surface area contributed by atoms with Gasteiger partial charge in [0.15, 0.2) is 0 Å². The summed E-state index contributed by atoms with van der Waals surface area (Å²) < 4.78 is 0. The fraction of sp³-hybridized carbons (Fsp3) is 0.588. The molecule has 0 bridgehead atoms. The van der Waals surface area contributed by atoms with Crippen LogP contribution in [-0.4, -0.2) is 19.0 Å². The van der Waals surface area contributed by atoms with Crippen LogP contribution in [0.4, 0.5) is 5.69 Å². The highest BCUT2D eigenvalue weighted by molar-refractivity contribution is 5.78. The molecule has 1 atom stereocenters. The normalized spacial score (nSPS) is 15.1. The number of amides is 1. The lowest BCUT2D eigenvalue weighted by Gasteiger charge is -2.18. The molecule has 2 rings (SSSR count). The van der Waals surface area contributed by atoms with Gasteiger partial charge in [-0.05, 0) is 42.9 Å². The van der Waals surface area contributed by atoms with Gasteiger partial charge in [0.25, 0.3) is 0 Å². The van der Waals surface area contributed by atoms with E-state index in [4.69, 9.17) is 0 Å². The smallest absolute Gasteiger partial charge is 0.222 e.